The van der Waals surface area contributed by atoms with Crippen molar-refractivity contribution in [3.8, 4) is 0 Å². The quantitative estimate of drug-likeness (QED) is 0.879. The van der Waals surface area contributed by atoms with Gasteiger partial charge in [0.05, 0.1) is 17.9 Å². The van der Waals surface area contributed by atoms with Gasteiger partial charge in [0.25, 0.3) is 5.91 Å². The topological polar surface area (TPSA) is 75.4 Å². The van der Waals surface area contributed by atoms with Gasteiger partial charge in [0.15, 0.2) is 0 Å². The number of halogens is 2. The van der Waals surface area contributed by atoms with Crippen molar-refractivity contribution in [2.75, 3.05) is 13.1 Å². The zero-order valence-corrected chi connectivity index (χ0v) is 15.1. The molecule has 132 valence electrons. The summed E-state index contributed by atoms with van der Waals surface area (Å²) in [5.41, 5.74) is 1.32. The van der Waals surface area contributed by atoms with E-state index in [2.05, 4.69) is 5.10 Å². The third-order valence-electron chi connectivity index (χ3n) is 4.48. The molecule has 0 unspecified atom stereocenters. The Morgan fingerprint density at radius 3 is 2.28 bits per heavy atom. The summed E-state index contributed by atoms with van der Waals surface area (Å²) in [7, 11) is 0. The smallest absolute Gasteiger partial charge is 0.339 e. The second-order valence-electron chi connectivity index (χ2n) is 6.07. The predicted octanol–water partition coefficient (Wildman–Crippen LogP) is 3.67. The van der Waals surface area contributed by atoms with Crippen LogP contribution in [-0.2, 0) is 0 Å². The van der Waals surface area contributed by atoms with Crippen molar-refractivity contribution in [2.45, 2.75) is 25.8 Å². The predicted molar refractivity (Wildman–Crippen MR) is 94.6 cm³/mol. The number of carbonyl (C=O) groups is 2. The molecule has 1 aliphatic rings. The van der Waals surface area contributed by atoms with Crippen molar-refractivity contribution in [3.63, 3.8) is 0 Å². The summed E-state index contributed by atoms with van der Waals surface area (Å²) in [6.45, 7) is 2.88. The van der Waals surface area contributed by atoms with E-state index in [1.54, 1.807) is 34.7 Å². The number of carbonyl (C=O) groups excluding carboxylic acids is 1. The second-order valence-corrected chi connectivity index (χ2v) is 6.95. The minimum absolute atomic E-state index is 0.0834. The number of hydrogen-bond acceptors (Lipinski definition) is 3. The lowest BCUT2D eigenvalue weighted by molar-refractivity contribution is 0.0688. The zero-order valence-electron chi connectivity index (χ0n) is 13.6. The van der Waals surface area contributed by atoms with Crippen molar-refractivity contribution in [2.24, 2.45) is 0 Å². The maximum atomic E-state index is 12.6. The number of carboxylic acid groups (broad SMARTS) is 1. The van der Waals surface area contributed by atoms with Gasteiger partial charge in [-0.1, -0.05) is 23.2 Å². The summed E-state index contributed by atoms with van der Waals surface area (Å²) in [5, 5.41) is 14.2. The molecule has 0 bridgehead atoms. The molecule has 1 amide bonds. The first-order chi connectivity index (χ1) is 11.9. The number of amides is 1. The molecule has 0 aliphatic carbocycles. The standard InChI is InChI=1S/C17H17Cl2N3O3/c1-10-15(17(24)25)9-20-22(10)14-2-4-21(5-3-14)16(23)11-6-12(18)8-13(19)7-11/h6-9,14H,2-5H2,1H3,(H,24,25). The van der Waals surface area contributed by atoms with E-state index in [0.29, 0.717) is 47.2 Å². The molecule has 1 aromatic carbocycles. The number of aromatic carboxylic acids is 1. The fourth-order valence-electron chi connectivity index (χ4n) is 3.17. The van der Waals surface area contributed by atoms with E-state index >= 15 is 0 Å². The highest BCUT2D eigenvalue weighted by molar-refractivity contribution is 6.35. The van der Waals surface area contributed by atoms with Crippen molar-refractivity contribution in [1.82, 2.24) is 14.7 Å². The van der Waals surface area contributed by atoms with Crippen LogP contribution in [0.2, 0.25) is 10.0 Å². The normalized spacial score (nSPS) is 15.4. The Hall–Kier alpha value is -2.05. The van der Waals surface area contributed by atoms with Gasteiger partial charge in [-0.05, 0) is 38.0 Å². The van der Waals surface area contributed by atoms with Gasteiger partial charge in [-0.15, -0.1) is 0 Å². The van der Waals surface area contributed by atoms with Crippen molar-refractivity contribution >= 4 is 35.1 Å². The number of hydrogen-bond donors (Lipinski definition) is 1. The minimum atomic E-state index is -0.978. The average Bonchev–Trinajstić information content (AvgIpc) is 2.95. The molecule has 1 aromatic heterocycles. The lowest BCUT2D eigenvalue weighted by Gasteiger charge is -2.32. The highest BCUT2D eigenvalue weighted by atomic mass is 35.5. The highest BCUT2D eigenvalue weighted by Gasteiger charge is 2.27. The van der Waals surface area contributed by atoms with Crippen LogP contribution < -0.4 is 0 Å². The molecule has 25 heavy (non-hydrogen) atoms. The molecule has 2 heterocycles. The molecular formula is C17H17Cl2N3O3. The van der Waals surface area contributed by atoms with Gasteiger partial charge in [-0.25, -0.2) is 4.79 Å². The summed E-state index contributed by atoms with van der Waals surface area (Å²) in [5.74, 6) is -1.08. The van der Waals surface area contributed by atoms with Crippen LogP contribution in [0.5, 0.6) is 0 Å². The molecule has 2 aromatic rings. The molecule has 1 saturated heterocycles. The molecule has 0 spiro atoms. The van der Waals surface area contributed by atoms with Crippen molar-refractivity contribution < 1.29 is 14.7 Å². The fraction of sp³-hybridized carbons (Fsp3) is 0.353. The Kier molecular flexibility index (Phi) is 5.01. The Morgan fingerprint density at radius 1 is 1.16 bits per heavy atom. The SMILES string of the molecule is Cc1c(C(=O)O)cnn1C1CCN(C(=O)c2cc(Cl)cc(Cl)c2)CC1. The highest BCUT2D eigenvalue weighted by Crippen LogP contribution is 2.27. The molecular weight excluding hydrogens is 365 g/mol. The number of likely N-dealkylation sites (tertiary alicyclic amines) is 1. The summed E-state index contributed by atoms with van der Waals surface area (Å²) in [6, 6.07) is 4.89. The van der Waals surface area contributed by atoms with Crippen molar-refractivity contribution in [1.29, 1.82) is 0 Å². The Balaban J connectivity index is 1.69. The van der Waals surface area contributed by atoms with E-state index in [9.17, 15) is 9.59 Å². The van der Waals surface area contributed by atoms with Gasteiger partial charge < -0.3 is 10.0 Å². The van der Waals surface area contributed by atoms with Crippen LogP contribution in [0.1, 0.15) is 45.3 Å². The first-order valence-corrected chi connectivity index (χ1v) is 8.65. The molecule has 0 atom stereocenters. The summed E-state index contributed by atoms with van der Waals surface area (Å²) in [4.78, 5) is 25.5. The zero-order chi connectivity index (χ0) is 18.1. The number of carboxylic acids is 1. The van der Waals surface area contributed by atoms with E-state index in [0.717, 1.165) is 0 Å². The van der Waals surface area contributed by atoms with Gasteiger partial charge in [0, 0.05) is 28.7 Å². The van der Waals surface area contributed by atoms with Crippen LogP contribution in [0, 0.1) is 6.92 Å². The average molecular weight is 382 g/mol. The Labute approximate surface area is 154 Å². The first kappa shape index (κ1) is 17.8. The Morgan fingerprint density at radius 2 is 1.76 bits per heavy atom. The number of benzene rings is 1. The van der Waals surface area contributed by atoms with Gasteiger partial charge >= 0.3 is 5.97 Å². The first-order valence-electron chi connectivity index (χ1n) is 7.89. The van der Waals surface area contributed by atoms with Crippen LogP contribution in [0.3, 0.4) is 0 Å². The molecule has 1 fully saturated rings. The van der Waals surface area contributed by atoms with E-state index in [1.165, 1.54) is 6.20 Å². The maximum absolute atomic E-state index is 12.6. The van der Waals surface area contributed by atoms with E-state index in [1.807, 2.05) is 0 Å². The summed E-state index contributed by atoms with van der Waals surface area (Å²) in [6.07, 6.45) is 2.80. The van der Waals surface area contributed by atoms with Gasteiger partial charge in [0.2, 0.25) is 0 Å². The molecule has 1 N–H and O–H groups in total. The molecule has 0 radical (unpaired) electrons. The molecule has 8 heteroatoms. The maximum Gasteiger partial charge on any atom is 0.339 e. The van der Waals surface area contributed by atoms with Gasteiger partial charge in [-0.2, -0.15) is 5.10 Å². The third kappa shape index (κ3) is 3.65. The van der Waals surface area contributed by atoms with Crippen molar-refractivity contribution in [3.05, 3.63) is 51.3 Å². The summed E-state index contributed by atoms with van der Waals surface area (Å²) >= 11 is 11.9. The van der Waals surface area contributed by atoms with Crippen LogP contribution in [0.15, 0.2) is 24.4 Å². The third-order valence-corrected chi connectivity index (χ3v) is 4.92. The fourth-order valence-corrected chi connectivity index (χ4v) is 3.70. The van der Waals surface area contributed by atoms with Crippen LogP contribution in [0.4, 0.5) is 0 Å². The van der Waals surface area contributed by atoms with Gasteiger partial charge in [-0.3, -0.25) is 9.48 Å². The molecule has 0 saturated carbocycles. The van der Waals surface area contributed by atoms with E-state index in [-0.39, 0.29) is 17.5 Å². The lowest BCUT2D eigenvalue weighted by atomic mass is 10.0. The lowest BCUT2D eigenvalue weighted by Crippen LogP contribution is -2.39. The Bertz CT molecular complexity index is 806. The molecule has 1 aliphatic heterocycles. The van der Waals surface area contributed by atoms with Crippen LogP contribution in [-0.4, -0.2) is 44.8 Å². The minimum Gasteiger partial charge on any atom is -0.478 e. The van der Waals surface area contributed by atoms with E-state index < -0.39 is 5.97 Å². The van der Waals surface area contributed by atoms with Crippen LogP contribution >= 0.6 is 23.2 Å². The number of rotatable bonds is 3. The van der Waals surface area contributed by atoms with Gasteiger partial charge in [0.1, 0.15) is 5.56 Å². The monoisotopic (exact) mass is 381 g/mol. The molecule has 3 rings (SSSR count). The second kappa shape index (κ2) is 7.06. The number of nitrogens with zero attached hydrogens (tertiary/aromatic N) is 3. The van der Waals surface area contributed by atoms with E-state index in [4.69, 9.17) is 28.3 Å². The molecule has 6 nitrogen and oxygen atoms in total. The summed E-state index contributed by atoms with van der Waals surface area (Å²) < 4.78 is 1.75. The largest absolute Gasteiger partial charge is 0.478 e. The number of piperidine rings is 1. The van der Waals surface area contributed by atoms with Crippen LogP contribution in [0.25, 0.3) is 0 Å². The number of aromatic nitrogens is 2.